The highest BCUT2D eigenvalue weighted by atomic mass is 16.6. The van der Waals surface area contributed by atoms with E-state index in [9.17, 15) is 29.1 Å². The number of aliphatic carboxylic acids is 1. The molecule has 4 atom stereocenters. The van der Waals surface area contributed by atoms with Crippen LogP contribution in [0.25, 0.3) is 0 Å². The van der Waals surface area contributed by atoms with E-state index in [4.69, 9.17) is 18.9 Å². The molecule has 2 N–H and O–H groups in total. The largest absolute Gasteiger partial charge is 0.481 e. The van der Waals surface area contributed by atoms with Crippen molar-refractivity contribution in [3.63, 3.8) is 0 Å². The predicted molar refractivity (Wildman–Crippen MR) is 342 cm³/mol. The molecule has 476 valence electrons. The van der Waals surface area contributed by atoms with Crippen LogP contribution in [0, 0.1) is 6.92 Å². The maximum absolute atomic E-state index is 15.1. The second-order valence-corrected chi connectivity index (χ2v) is 24.4. The van der Waals surface area contributed by atoms with E-state index in [1.807, 2.05) is 91.0 Å². The van der Waals surface area contributed by atoms with E-state index in [1.54, 1.807) is 13.8 Å². The van der Waals surface area contributed by atoms with Crippen LogP contribution < -0.4 is 11.2 Å². The fraction of sp³-hybridized carbons (Fsp3) is 0.639. The van der Waals surface area contributed by atoms with Gasteiger partial charge in [-0.3, -0.25) is 33.6 Å². The normalized spacial score (nSPS) is 15.6. The van der Waals surface area contributed by atoms with Crippen molar-refractivity contribution in [2.75, 3.05) is 19.7 Å². The summed E-state index contributed by atoms with van der Waals surface area (Å²) in [5.74, 6) is -3.73. The molecule has 0 saturated carbocycles. The Balaban J connectivity index is 1.33. The van der Waals surface area contributed by atoms with Crippen molar-refractivity contribution < 1.29 is 43.2 Å². The molecule has 0 spiro atoms. The number of benzene rings is 3. The number of ether oxygens (including phenoxy) is 4. The molecule has 3 aromatic carbocycles. The first-order chi connectivity index (χ1) is 41.8. The van der Waals surface area contributed by atoms with Crippen LogP contribution in [0.1, 0.15) is 268 Å². The van der Waals surface area contributed by atoms with Gasteiger partial charge in [-0.1, -0.05) is 285 Å². The van der Waals surface area contributed by atoms with Gasteiger partial charge in [0.15, 0.2) is 6.23 Å². The van der Waals surface area contributed by atoms with Crippen molar-refractivity contribution in [1.82, 2.24) is 14.5 Å². The van der Waals surface area contributed by atoms with Gasteiger partial charge in [0.1, 0.15) is 12.7 Å². The van der Waals surface area contributed by atoms with Gasteiger partial charge >= 0.3 is 29.6 Å². The Bertz CT molecular complexity index is 2540. The average Bonchev–Trinajstić information content (AvgIpc) is 0.904. The molecule has 2 unspecified atom stereocenters. The molecule has 14 heteroatoms. The minimum Gasteiger partial charge on any atom is -0.481 e. The highest BCUT2D eigenvalue weighted by Crippen LogP contribution is 2.46. The number of nitrogens with one attached hydrogen (secondary N) is 1. The first kappa shape index (κ1) is 70.9. The topological polar surface area (TPSA) is 184 Å². The number of nitrogens with zero attached hydrogens (tertiary/aromatic N) is 2. The highest BCUT2D eigenvalue weighted by molar-refractivity contribution is 5.88. The van der Waals surface area contributed by atoms with Crippen LogP contribution in [0.15, 0.2) is 107 Å². The van der Waals surface area contributed by atoms with Crippen LogP contribution in [0.5, 0.6) is 0 Å². The number of carbonyl (C=O) groups excluding carboxylic acids is 3. The van der Waals surface area contributed by atoms with Crippen LogP contribution in [0.3, 0.4) is 0 Å². The van der Waals surface area contributed by atoms with E-state index in [-0.39, 0.29) is 38.1 Å². The molecule has 1 saturated heterocycles. The maximum Gasteiger partial charge on any atom is 0.351 e. The van der Waals surface area contributed by atoms with E-state index in [0.29, 0.717) is 12.8 Å². The number of aromatic nitrogens is 2. The molecule has 1 aliphatic heterocycles. The first-order valence-electron chi connectivity index (χ1n) is 33.5. The Morgan fingerprint density at radius 1 is 0.581 bits per heavy atom. The molecule has 4 aromatic rings. The van der Waals surface area contributed by atoms with Crippen LogP contribution in [0.4, 0.5) is 0 Å². The molecule has 1 aromatic heterocycles. The number of carbonyl (C=O) groups is 4. The van der Waals surface area contributed by atoms with Gasteiger partial charge in [-0.25, -0.2) is 9.59 Å². The monoisotopic (exact) mass is 1190 g/mol. The summed E-state index contributed by atoms with van der Waals surface area (Å²) in [7, 11) is 0. The van der Waals surface area contributed by atoms with Crippen molar-refractivity contribution in [2.45, 2.75) is 276 Å². The minimum atomic E-state index is -2.44. The summed E-state index contributed by atoms with van der Waals surface area (Å²) < 4.78 is 26.1. The van der Waals surface area contributed by atoms with Gasteiger partial charge in [-0.05, 0) is 43.4 Å². The van der Waals surface area contributed by atoms with Gasteiger partial charge in [0.05, 0.1) is 18.1 Å². The highest BCUT2D eigenvalue weighted by Gasteiger charge is 2.53. The summed E-state index contributed by atoms with van der Waals surface area (Å²) in [6.07, 6.45) is 32.1. The molecule has 0 aliphatic carbocycles. The second-order valence-electron chi connectivity index (χ2n) is 24.4. The molecular formula is C72H107N3O11. The fourth-order valence-electron chi connectivity index (χ4n) is 12.4. The molecule has 1 fully saturated rings. The van der Waals surface area contributed by atoms with Gasteiger partial charge in [0.25, 0.3) is 5.56 Å². The summed E-state index contributed by atoms with van der Waals surface area (Å²) in [4.78, 5) is 86.9. The van der Waals surface area contributed by atoms with E-state index in [0.717, 1.165) is 61.6 Å². The smallest absolute Gasteiger partial charge is 0.351 e. The van der Waals surface area contributed by atoms with Crippen molar-refractivity contribution >= 4 is 23.9 Å². The molecular weight excluding hydrogens is 1080 g/mol. The number of hydrogen-bond acceptors (Lipinski definition) is 11. The number of aryl methyl sites for hydroxylation is 1. The lowest BCUT2D eigenvalue weighted by Gasteiger charge is -2.51. The molecule has 86 heavy (non-hydrogen) atoms. The number of hydrogen-bond donors (Lipinski definition) is 2. The van der Waals surface area contributed by atoms with Gasteiger partial charge in [0.2, 0.25) is 5.60 Å². The number of H-pyrrole nitrogens is 1. The third-order valence-electron chi connectivity index (χ3n) is 17.1. The number of morpholine rings is 1. The zero-order valence-corrected chi connectivity index (χ0v) is 53.1. The average molecular weight is 1190 g/mol. The quantitative estimate of drug-likeness (QED) is 0.0185. The number of carboxylic acids is 1. The van der Waals surface area contributed by atoms with E-state index >= 15 is 4.79 Å². The van der Waals surface area contributed by atoms with Crippen molar-refractivity contribution in [1.29, 1.82) is 0 Å². The van der Waals surface area contributed by atoms with Crippen LogP contribution in [-0.2, 0) is 43.7 Å². The summed E-state index contributed by atoms with van der Waals surface area (Å²) in [5, 5.41) is 10.7. The third kappa shape index (κ3) is 24.4. The first-order valence-corrected chi connectivity index (χ1v) is 33.5. The fourth-order valence-corrected chi connectivity index (χ4v) is 12.4. The predicted octanol–water partition coefficient (Wildman–Crippen LogP) is 16.2. The SMILES string of the molecule is CCCCCCCCCCCCCCCCCC(=O)OCC(C)OC(=O)C(CC(=O)O)(C[C@H]1CN(C(c2ccccc2)(c2ccccc2)c2ccccc2)C[C@H](n2cc(C)c(=O)[nH]c2=O)O1)OC(=O)CCCCCCCCCCCCCCCCC. The standard InChI is InChI=1S/C72H107N3O11/c1-5-7-9-11-13-15-17-19-21-23-25-27-29-31-42-50-66(78)83-57-59(4)84-69(81)71(53-65(76)77,86-67(79)51-43-32-30-28-26-24-22-20-18-16-14-12-10-8-6-2)52-63-55-74(56-64(85-63)75-54-58(3)68(80)73-70(75)82)72(60-44-36-33-37-45-60,61-46-38-34-39-47-61)62-48-40-35-41-49-62/h33-41,44-49,54,59,63-64H,5-32,42-43,50-53,55-57H2,1-4H3,(H,76,77)(H,73,80,82)/t59?,63-,64+,71?/m0/s1. The zero-order valence-electron chi connectivity index (χ0n) is 53.1. The Kier molecular flexibility index (Phi) is 33.4. The Labute approximate surface area is 514 Å². The van der Waals surface area contributed by atoms with Crippen LogP contribution >= 0.6 is 0 Å². The van der Waals surface area contributed by atoms with Gasteiger partial charge < -0.3 is 24.1 Å². The van der Waals surface area contributed by atoms with Crippen molar-refractivity contribution in [3.8, 4) is 0 Å². The van der Waals surface area contributed by atoms with Gasteiger partial charge in [0, 0.05) is 44.1 Å². The van der Waals surface area contributed by atoms with Crippen molar-refractivity contribution in [2.24, 2.45) is 0 Å². The van der Waals surface area contributed by atoms with E-state index in [2.05, 4.69) is 23.7 Å². The lowest BCUT2D eigenvalue weighted by atomic mass is 9.75. The molecule has 14 nitrogen and oxygen atoms in total. The third-order valence-corrected chi connectivity index (χ3v) is 17.1. The Morgan fingerprint density at radius 3 is 1.38 bits per heavy atom. The maximum atomic E-state index is 15.1. The Morgan fingerprint density at radius 2 is 0.977 bits per heavy atom. The summed E-state index contributed by atoms with van der Waals surface area (Å²) in [5.41, 5.74) is -1.95. The number of aromatic amines is 1. The van der Waals surface area contributed by atoms with Crippen LogP contribution in [-0.4, -0.2) is 80.9 Å². The number of carboxylic acid groups (broad SMARTS) is 1. The summed E-state index contributed by atoms with van der Waals surface area (Å²) in [6, 6.07) is 29.6. The van der Waals surface area contributed by atoms with E-state index in [1.165, 1.54) is 146 Å². The summed E-state index contributed by atoms with van der Waals surface area (Å²) in [6.45, 7) is 7.44. The van der Waals surface area contributed by atoms with Crippen LogP contribution in [0.2, 0.25) is 0 Å². The van der Waals surface area contributed by atoms with Gasteiger partial charge in [-0.15, -0.1) is 0 Å². The lowest BCUT2D eigenvalue weighted by molar-refractivity contribution is -0.204. The number of esters is 3. The molecule has 2 heterocycles. The van der Waals surface area contributed by atoms with E-state index < -0.39 is 77.5 Å². The molecule has 1 aliphatic rings. The van der Waals surface area contributed by atoms with Gasteiger partial charge in [-0.2, -0.15) is 0 Å². The zero-order chi connectivity index (χ0) is 61.7. The lowest BCUT2D eigenvalue weighted by Crippen LogP contribution is -2.59. The van der Waals surface area contributed by atoms with Crippen molar-refractivity contribution in [3.05, 3.63) is 140 Å². The molecule has 0 amide bonds. The molecule has 0 bridgehead atoms. The molecule has 0 radical (unpaired) electrons. The number of unbranched alkanes of at least 4 members (excludes halogenated alkanes) is 28. The number of rotatable bonds is 46. The second kappa shape index (κ2) is 40.6. The molecule has 5 rings (SSSR count). The minimum absolute atomic E-state index is 0.0317. The Hall–Kier alpha value is -5.86. The summed E-state index contributed by atoms with van der Waals surface area (Å²) >= 11 is 0.